The lowest BCUT2D eigenvalue weighted by atomic mass is 9.71. The number of benzene rings is 1. The van der Waals surface area contributed by atoms with Gasteiger partial charge in [-0.05, 0) is 75.6 Å². The zero-order chi connectivity index (χ0) is 31.3. The van der Waals surface area contributed by atoms with Crippen molar-refractivity contribution >= 4 is 23.9 Å². The van der Waals surface area contributed by atoms with Gasteiger partial charge in [0, 0.05) is 29.9 Å². The number of nitrogens with zero attached hydrogens (tertiary/aromatic N) is 1. The molecular weight excluding hydrogens is 562 g/mol. The molecule has 0 saturated carbocycles. The second kappa shape index (κ2) is 14.4. The van der Waals surface area contributed by atoms with Crippen LogP contribution in [-0.2, 0) is 41.5 Å². The first-order chi connectivity index (χ1) is 20.6. The van der Waals surface area contributed by atoms with Crippen LogP contribution in [0.4, 0.5) is 0 Å². The molecule has 0 amide bonds. The number of carbonyl (C=O) groups excluding carboxylic acids is 1. The molecule has 12 nitrogen and oxygen atoms in total. The standard InChI is InChI=1S/C31H43NO11/c1-4-10-32-11-6-7-18-12-19-17(13-23(18)32)8-9-24(40-3)28(19)42-31-22(16-27(37)38)20(14-25(33)34)21(15-26(35)36)29(43-31)30(39)41-5-2/h8-9,18,20-23,29,31H,4-7,10-16H2,1-3H3,(H,33,34)(H,35,36)(H,37,38)/t18-,20+,21+,22-,23-,29+,31-/m1/s1. The van der Waals surface area contributed by atoms with Crippen LogP contribution in [0.15, 0.2) is 12.1 Å². The van der Waals surface area contributed by atoms with E-state index in [9.17, 15) is 34.5 Å². The van der Waals surface area contributed by atoms with Crippen LogP contribution in [0.5, 0.6) is 11.5 Å². The number of hydrogen-bond acceptors (Lipinski definition) is 9. The first-order valence-corrected chi connectivity index (χ1v) is 15.1. The Kier molecular flexibility index (Phi) is 10.9. The fraction of sp³-hybridized carbons (Fsp3) is 0.677. The van der Waals surface area contributed by atoms with Crippen LogP contribution in [0.1, 0.15) is 63.5 Å². The molecule has 0 unspecified atom stereocenters. The molecule has 12 heteroatoms. The summed E-state index contributed by atoms with van der Waals surface area (Å²) in [5.41, 5.74) is 2.00. The number of fused-ring (bicyclic) bond motifs is 2. The molecule has 1 aliphatic carbocycles. The van der Waals surface area contributed by atoms with E-state index < -0.39 is 73.3 Å². The number of methoxy groups -OCH3 is 1. The number of carboxylic acids is 3. The maximum Gasteiger partial charge on any atom is 0.335 e. The highest BCUT2D eigenvalue weighted by molar-refractivity contribution is 5.78. The molecule has 2 heterocycles. The third-order valence-corrected chi connectivity index (χ3v) is 9.08. The van der Waals surface area contributed by atoms with Crippen LogP contribution >= 0.6 is 0 Å². The van der Waals surface area contributed by atoms with Gasteiger partial charge in [-0.2, -0.15) is 0 Å². The molecule has 2 saturated heterocycles. The number of piperidine rings is 1. The molecule has 0 spiro atoms. The molecule has 1 aromatic carbocycles. The zero-order valence-corrected chi connectivity index (χ0v) is 25.0. The lowest BCUT2D eigenvalue weighted by Crippen LogP contribution is -2.54. The molecule has 0 radical (unpaired) electrons. The van der Waals surface area contributed by atoms with Crippen molar-refractivity contribution < 1.29 is 53.4 Å². The van der Waals surface area contributed by atoms with Crippen molar-refractivity contribution in [1.82, 2.24) is 4.90 Å². The Labute approximate surface area is 251 Å². The highest BCUT2D eigenvalue weighted by atomic mass is 16.7. The largest absolute Gasteiger partial charge is 0.493 e. The van der Waals surface area contributed by atoms with Gasteiger partial charge in [-0.25, -0.2) is 4.79 Å². The summed E-state index contributed by atoms with van der Waals surface area (Å²) in [6.45, 7) is 5.85. The number of ether oxygens (including phenoxy) is 4. The van der Waals surface area contributed by atoms with Gasteiger partial charge in [0.15, 0.2) is 17.6 Å². The Hall–Kier alpha value is -3.38. The van der Waals surface area contributed by atoms with Crippen molar-refractivity contribution in [3.05, 3.63) is 23.3 Å². The molecule has 0 aromatic heterocycles. The van der Waals surface area contributed by atoms with Gasteiger partial charge in [0.2, 0.25) is 6.29 Å². The van der Waals surface area contributed by atoms with Gasteiger partial charge in [0.1, 0.15) is 0 Å². The summed E-state index contributed by atoms with van der Waals surface area (Å²) >= 11 is 0. The van der Waals surface area contributed by atoms with Crippen molar-refractivity contribution in [2.24, 2.45) is 23.7 Å². The Morgan fingerprint density at radius 3 is 2.26 bits per heavy atom. The van der Waals surface area contributed by atoms with Crippen molar-refractivity contribution in [1.29, 1.82) is 0 Å². The number of likely N-dealkylation sites (tertiary alicyclic amines) is 1. The maximum absolute atomic E-state index is 13.1. The fourth-order valence-electron chi connectivity index (χ4n) is 7.34. The van der Waals surface area contributed by atoms with Gasteiger partial charge in [-0.1, -0.05) is 13.0 Å². The molecule has 3 aliphatic rings. The van der Waals surface area contributed by atoms with Gasteiger partial charge in [-0.3, -0.25) is 19.3 Å². The topological polar surface area (TPSA) is 169 Å². The van der Waals surface area contributed by atoms with E-state index in [1.807, 2.05) is 6.07 Å². The van der Waals surface area contributed by atoms with E-state index in [0.717, 1.165) is 49.9 Å². The van der Waals surface area contributed by atoms with Gasteiger partial charge in [-0.15, -0.1) is 0 Å². The van der Waals surface area contributed by atoms with Crippen molar-refractivity contribution in [2.75, 3.05) is 26.8 Å². The van der Waals surface area contributed by atoms with E-state index in [2.05, 4.69) is 11.8 Å². The predicted octanol–water partition coefficient (Wildman–Crippen LogP) is 3.22. The van der Waals surface area contributed by atoms with Crippen LogP contribution < -0.4 is 9.47 Å². The van der Waals surface area contributed by atoms with Crippen molar-refractivity contribution in [3.8, 4) is 11.5 Å². The Morgan fingerprint density at radius 2 is 1.63 bits per heavy atom. The van der Waals surface area contributed by atoms with Gasteiger partial charge >= 0.3 is 23.9 Å². The van der Waals surface area contributed by atoms with E-state index in [0.29, 0.717) is 29.9 Å². The third kappa shape index (κ3) is 7.41. The number of hydrogen-bond donors (Lipinski definition) is 3. The molecule has 2 aliphatic heterocycles. The lowest BCUT2D eigenvalue weighted by Gasteiger charge is -2.46. The molecule has 1 aromatic rings. The number of aliphatic carboxylic acids is 3. The van der Waals surface area contributed by atoms with E-state index in [-0.39, 0.29) is 6.61 Å². The molecule has 2 fully saturated rings. The smallest absolute Gasteiger partial charge is 0.335 e. The van der Waals surface area contributed by atoms with Crippen LogP contribution in [0, 0.1) is 23.7 Å². The Morgan fingerprint density at radius 1 is 0.953 bits per heavy atom. The van der Waals surface area contributed by atoms with Gasteiger partial charge < -0.3 is 34.3 Å². The van der Waals surface area contributed by atoms with Crippen LogP contribution in [-0.4, -0.2) is 89.3 Å². The molecule has 0 bridgehead atoms. The summed E-state index contributed by atoms with van der Waals surface area (Å²) in [5.74, 6) is -6.72. The molecule has 238 valence electrons. The number of carbonyl (C=O) groups is 4. The fourth-order valence-corrected chi connectivity index (χ4v) is 7.34. The molecule has 7 atom stereocenters. The monoisotopic (exact) mass is 605 g/mol. The second-order valence-electron chi connectivity index (χ2n) is 11.7. The number of rotatable bonds is 13. The molecule has 4 rings (SSSR count). The van der Waals surface area contributed by atoms with E-state index in [1.165, 1.54) is 7.11 Å². The zero-order valence-electron chi connectivity index (χ0n) is 25.0. The lowest BCUT2D eigenvalue weighted by molar-refractivity contribution is -0.235. The van der Waals surface area contributed by atoms with Crippen LogP contribution in [0.25, 0.3) is 0 Å². The summed E-state index contributed by atoms with van der Waals surface area (Å²) in [6.07, 6.45) is 0.176. The predicted molar refractivity (Wildman–Crippen MR) is 152 cm³/mol. The molecule has 43 heavy (non-hydrogen) atoms. The van der Waals surface area contributed by atoms with Crippen LogP contribution in [0.2, 0.25) is 0 Å². The Balaban J connectivity index is 1.76. The van der Waals surface area contributed by atoms with Gasteiger partial charge in [0.05, 0.1) is 26.6 Å². The minimum absolute atomic E-state index is 0.0101. The number of carboxylic acid groups (broad SMARTS) is 3. The first-order valence-electron chi connectivity index (χ1n) is 15.1. The summed E-state index contributed by atoms with van der Waals surface area (Å²) < 4.78 is 23.5. The average Bonchev–Trinajstić information content (AvgIpc) is 2.95. The number of esters is 1. The average molecular weight is 606 g/mol. The van der Waals surface area contributed by atoms with Crippen LogP contribution in [0.3, 0.4) is 0 Å². The molecular formula is C31H43NO11. The Bertz CT molecular complexity index is 1180. The molecule has 3 N–H and O–H groups in total. The quantitative estimate of drug-likeness (QED) is 0.281. The summed E-state index contributed by atoms with van der Waals surface area (Å²) in [4.78, 5) is 51.5. The van der Waals surface area contributed by atoms with E-state index in [1.54, 1.807) is 13.0 Å². The first kappa shape index (κ1) is 32.5. The van der Waals surface area contributed by atoms with Gasteiger partial charge in [0.25, 0.3) is 0 Å². The second-order valence-corrected chi connectivity index (χ2v) is 11.7. The van der Waals surface area contributed by atoms with E-state index in [4.69, 9.17) is 18.9 Å². The minimum atomic E-state index is -1.47. The maximum atomic E-state index is 13.1. The van der Waals surface area contributed by atoms with Crippen molar-refractivity contribution in [3.63, 3.8) is 0 Å². The highest BCUT2D eigenvalue weighted by Crippen LogP contribution is 2.47. The highest BCUT2D eigenvalue weighted by Gasteiger charge is 2.52. The van der Waals surface area contributed by atoms with E-state index >= 15 is 0 Å². The summed E-state index contributed by atoms with van der Waals surface area (Å²) in [7, 11) is 1.50. The SMILES string of the molecule is CCCN1CCC[C@@H]2Cc3c(ccc(OC)c3O[C@@H]3O[C@H](C(=O)OCC)[C@@H](CC(=O)O)[C@H](CC(=O)O)[C@H]3CC(=O)O)C[C@H]21. The normalized spacial score (nSPS) is 28.7. The minimum Gasteiger partial charge on any atom is -0.493 e. The summed E-state index contributed by atoms with van der Waals surface area (Å²) in [5, 5.41) is 29.2. The summed E-state index contributed by atoms with van der Waals surface area (Å²) in [6, 6.07) is 4.21. The third-order valence-electron chi connectivity index (χ3n) is 9.08. The van der Waals surface area contributed by atoms with Crippen molar-refractivity contribution in [2.45, 2.75) is 83.6 Å².